The quantitative estimate of drug-likeness (QED) is 0.439. The molecule has 0 aliphatic heterocycles. The SMILES string of the molecule is CCCCCCCc1ccc(-c2ccc(C(C)=N)cc2)cc1. The number of benzene rings is 2. The van der Waals surface area contributed by atoms with Gasteiger partial charge in [-0.2, -0.15) is 0 Å². The van der Waals surface area contributed by atoms with Gasteiger partial charge in [0.2, 0.25) is 0 Å². The minimum absolute atomic E-state index is 0.616. The smallest absolute Gasteiger partial charge is 0.0355 e. The van der Waals surface area contributed by atoms with Gasteiger partial charge in [0.25, 0.3) is 0 Å². The van der Waals surface area contributed by atoms with E-state index in [1.807, 2.05) is 19.1 Å². The molecule has 0 heterocycles. The van der Waals surface area contributed by atoms with Crippen molar-refractivity contribution in [3.05, 3.63) is 59.7 Å². The predicted octanol–water partition coefficient (Wildman–Crippen LogP) is 6.25. The molecule has 0 aromatic heterocycles. The van der Waals surface area contributed by atoms with Crippen LogP contribution in [0.3, 0.4) is 0 Å². The molecular formula is C21H27N. The summed E-state index contributed by atoms with van der Waals surface area (Å²) in [6.07, 6.45) is 7.88. The van der Waals surface area contributed by atoms with Crippen molar-refractivity contribution >= 4 is 5.71 Å². The number of aryl methyl sites for hydroxylation is 1. The fourth-order valence-electron chi connectivity index (χ4n) is 2.71. The highest BCUT2D eigenvalue weighted by Gasteiger charge is 2.00. The first-order valence-electron chi connectivity index (χ1n) is 8.45. The maximum atomic E-state index is 7.65. The van der Waals surface area contributed by atoms with Crippen LogP contribution in [0, 0.1) is 5.41 Å². The molecule has 0 bridgehead atoms. The Hall–Kier alpha value is -1.89. The molecular weight excluding hydrogens is 266 g/mol. The Bertz CT molecular complexity index is 578. The maximum absolute atomic E-state index is 7.65. The van der Waals surface area contributed by atoms with E-state index in [9.17, 15) is 0 Å². The van der Waals surface area contributed by atoms with Gasteiger partial charge in [0.1, 0.15) is 0 Å². The molecule has 0 saturated heterocycles. The third-order valence-corrected chi connectivity index (χ3v) is 4.17. The van der Waals surface area contributed by atoms with Crippen molar-refractivity contribution in [2.24, 2.45) is 0 Å². The molecule has 2 rings (SSSR count). The summed E-state index contributed by atoms with van der Waals surface area (Å²) in [6, 6.07) is 17.2. The fourth-order valence-corrected chi connectivity index (χ4v) is 2.71. The van der Waals surface area contributed by atoms with E-state index in [1.165, 1.54) is 55.2 Å². The van der Waals surface area contributed by atoms with E-state index >= 15 is 0 Å². The number of hydrogen-bond acceptors (Lipinski definition) is 1. The summed E-state index contributed by atoms with van der Waals surface area (Å²) in [5.41, 5.74) is 5.52. The van der Waals surface area contributed by atoms with Crippen LogP contribution in [0.5, 0.6) is 0 Å². The van der Waals surface area contributed by atoms with Crippen LogP contribution in [0.4, 0.5) is 0 Å². The standard InChI is InChI=1S/C21H27N/c1-3-4-5-6-7-8-18-9-11-20(12-10-18)21-15-13-19(14-16-21)17(2)22/h9-16,22H,3-8H2,1-2H3. The van der Waals surface area contributed by atoms with Crippen LogP contribution < -0.4 is 0 Å². The third-order valence-electron chi connectivity index (χ3n) is 4.17. The number of hydrogen-bond donors (Lipinski definition) is 1. The Kier molecular flexibility index (Phi) is 6.39. The largest absolute Gasteiger partial charge is 0.305 e. The lowest BCUT2D eigenvalue weighted by molar-refractivity contribution is 0.632. The molecule has 0 amide bonds. The molecule has 1 heteroatoms. The van der Waals surface area contributed by atoms with Crippen molar-refractivity contribution in [2.75, 3.05) is 0 Å². The summed E-state index contributed by atoms with van der Waals surface area (Å²) < 4.78 is 0. The van der Waals surface area contributed by atoms with Gasteiger partial charge in [-0.05, 0) is 42.0 Å². The van der Waals surface area contributed by atoms with Gasteiger partial charge in [0.15, 0.2) is 0 Å². The molecule has 0 aliphatic carbocycles. The molecule has 0 saturated carbocycles. The summed E-state index contributed by atoms with van der Waals surface area (Å²) in [5, 5.41) is 7.65. The molecule has 0 fully saturated rings. The van der Waals surface area contributed by atoms with Crippen molar-refractivity contribution in [2.45, 2.75) is 52.4 Å². The van der Waals surface area contributed by atoms with Gasteiger partial charge in [0.05, 0.1) is 0 Å². The van der Waals surface area contributed by atoms with Crippen LogP contribution in [-0.4, -0.2) is 5.71 Å². The van der Waals surface area contributed by atoms with Crippen LogP contribution in [0.1, 0.15) is 57.1 Å². The van der Waals surface area contributed by atoms with E-state index in [-0.39, 0.29) is 0 Å². The van der Waals surface area contributed by atoms with E-state index in [0.717, 1.165) is 5.56 Å². The minimum atomic E-state index is 0.616. The lowest BCUT2D eigenvalue weighted by Gasteiger charge is -2.06. The fraction of sp³-hybridized carbons (Fsp3) is 0.381. The zero-order valence-corrected chi connectivity index (χ0v) is 13.9. The van der Waals surface area contributed by atoms with Crippen molar-refractivity contribution < 1.29 is 0 Å². The molecule has 0 radical (unpaired) electrons. The van der Waals surface area contributed by atoms with Gasteiger partial charge in [-0.3, -0.25) is 0 Å². The van der Waals surface area contributed by atoms with Crippen LogP contribution in [0.2, 0.25) is 0 Å². The lowest BCUT2D eigenvalue weighted by Crippen LogP contribution is -1.91. The van der Waals surface area contributed by atoms with E-state index < -0.39 is 0 Å². The molecule has 2 aromatic carbocycles. The average Bonchev–Trinajstić information content (AvgIpc) is 2.55. The number of nitrogens with one attached hydrogen (secondary N) is 1. The van der Waals surface area contributed by atoms with Crippen LogP contribution in [0.15, 0.2) is 48.5 Å². The molecule has 0 spiro atoms. The normalized spacial score (nSPS) is 10.6. The highest BCUT2D eigenvalue weighted by molar-refractivity contribution is 5.96. The Morgan fingerprint density at radius 3 is 1.86 bits per heavy atom. The highest BCUT2D eigenvalue weighted by Crippen LogP contribution is 2.21. The molecule has 116 valence electrons. The van der Waals surface area contributed by atoms with Crippen LogP contribution >= 0.6 is 0 Å². The van der Waals surface area contributed by atoms with Gasteiger partial charge in [-0.25, -0.2) is 0 Å². The summed E-state index contributed by atoms with van der Waals surface area (Å²) >= 11 is 0. The summed E-state index contributed by atoms with van der Waals surface area (Å²) in [5.74, 6) is 0. The van der Waals surface area contributed by atoms with Crippen LogP contribution in [0.25, 0.3) is 11.1 Å². The Balaban J connectivity index is 1.92. The van der Waals surface area contributed by atoms with Gasteiger partial charge in [-0.15, -0.1) is 0 Å². The molecule has 1 nitrogen and oxygen atoms in total. The second-order valence-corrected chi connectivity index (χ2v) is 6.06. The lowest BCUT2D eigenvalue weighted by atomic mass is 9.99. The monoisotopic (exact) mass is 293 g/mol. The predicted molar refractivity (Wildman–Crippen MR) is 96.8 cm³/mol. The van der Waals surface area contributed by atoms with Crippen LogP contribution in [-0.2, 0) is 6.42 Å². The summed E-state index contributed by atoms with van der Waals surface area (Å²) in [4.78, 5) is 0. The first kappa shape index (κ1) is 16.5. The van der Waals surface area contributed by atoms with Gasteiger partial charge in [0, 0.05) is 5.71 Å². The average molecular weight is 293 g/mol. The van der Waals surface area contributed by atoms with E-state index in [2.05, 4.69) is 43.3 Å². The van der Waals surface area contributed by atoms with Gasteiger partial charge in [-0.1, -0.05) is 81.1 Å². The molecule has 0 aliphatic rings. The second-order valence-electron chi connectivity index (χ2n) is 6.06. The molecule has 0 unspecified atom stereocenters. The molecule has 22 heavy (non-hydrogen) atoms. The molecule has 0 atom stereocenters. The number of rotatable bonds is 8. The second kappa shape index (κ2) is 8.53. The number of unbranched alkanes of at least 4 members (excludes halogenated alkanes) is 4. The third kappa shape index (κ3) is 4.84. The van der Waals surface area contributed by atoms with Crippen molar-refractivity contribution in [1.29, 1.82) is 5.41 Å². The van der Waals surface area contributed by atoms with E-state index in [1.54, 1.807) is 0 Å². The minimum Gasteiger partial charge on any atom is -0.305 e. The van der Waals surface area contributed by atoms with E-state index in [0.29, 0.717) is 5.71 Å². The summed E-state index contributed by atoms with van der Waals surface area (Å²) in [7, 11) is 0. The highest BCUT2D eigenvalue weighted by atomic mass is 14.4. The molecule has 2 aromatic rings. The van der Waals surface area contributed by atoms with Gasteiger partial charge >= 0.3 is 0 Å². The maximum Gasteiger partial charge on any atom is 0.0355 e. The first-order chi connectivity index (χ1) is 10.7. The van der Waals surface area contributed by atoms with Crippen molar-refractivity contribution in [3.63, 3.8) is 0 Å². The van der Waals surface area contributed by atoms with Crippen molar-refractivity contribution in [3.8, 4) is 11.1 Å². The zero-order valence-electron chi connectivity index (χ0n) is 13.9. The molecule has 1 N–H and O–H groups in total. The topological polar surface area (TPSA) is 23.9 Å². The Labute approximate surface area is 134 Å². The Morgan fingerprint density at radius 1 is 0.773 bits per heavy atom. The van der Waals surface area contributed by atoms with Crippen molar-refractivity contribution in [1.82, 2.24) is 0 Å². The Morgan fingerprint density at radius 2 is 1.32 bits per heavy atom. The first-order valence-corrected chi connectivity index (χ1v) is 8.45. The zero-order chi connectivity index (χ0) is 15.8. The summed E-state index contributed by atoms with van der Waals surface area (Å²) in [6.45, 7) is 4.08. The van der Waals surface area contributed by atoms with Gasteiger partial charge < -0.3 is 5.41 Å². The van der Waals surface area contributed by atoms with E-state index in [4.69, 9.17) is 5.41 Å².